The first kappa shape index (κ1) is 12.3. The number of ether oxygens (including phenoxy) is 2. The molecule has 7 nitrogen and oxygen atoms in total. The van der Waals surface area contributed by atoms with E-state index in [1.807, 2.05) is 6.92 Å². The van der Waals surface area contributed by atoms with Gasteiger partial charge in [-0.2, -0.15) is 0 Å². The summed E-state index contributed by atoms with van der Waals surface area (Å²) in [4.78, 5) is 18.0. The SMILES string of the molecule is COC(=O)C1COC(C(C)CCN=[N+]=[N-])=N1. The highest BCUT2D eigenvalue weighted by Gasteiger charge is 2.28. The topological polar surface area (TPSA) is 96.7 Å². The van der Waals surface area contributed by atoms with Crippen molar-refractivity contribution in [2.45, 2.75) is 19.4 Å². The summed E-state index contributed by atoms with van der Waals surface area (Å²) in [6, 6.07) is -0.554. The van der Waals surface area contributed by atoms with Crippen LogP contribution in [0, 0.1) is 5.92 Å². The van der Waals surface area contributed by atoms with Crippen LogP contribution in [0.5, 0.6) is 0 Å². The van der Waals surface area contributed by atoms with E-state index >= 15 is 0 Å². The molecule has 0 radical (unpaired) electrons. The van der Waals surface area contributed by atoms with Gasteiger partial charge in [0.2, 0.25) is 0 Å². The second-order valence-corrected chi connectivity index (χ2v) is 3.46. The molecular weight excluding hydrogens is 212 g/mol. The lowest BCUT2D eigenvalue weighted by Gasteiger charge is -2.08. The smallest absolute Gasteiger partial charge is 0.334 e. The molecule has 0 spiro atoms. The minimum absolute atomic E-state index is 0.0418. The van der Waals surface area contributed by atoms with Crippen molar-refractivity contribution in [2.75, 3.05) is 20.3 Å². The Morgan fingerprint density at radius 2 is 2.62 bits per heavy atom. The zero-order chi connectivity index (χ0) is 12.0. The molecule has 88 valence electrons. The highest BCUT2D eigenvalue weighted by atomic mass is 16.5. The highest BCUT2D eigenvalue weighted by molar-refractivity contribution is 5.86. The number of aliphatic imine (C=N–C) groups is 1. The van der Waals surface area contributed by atoms with Crippen molar-refractivity contribution >= 4 is 11.9 Å². The summed E-state index contributed by atoms with van der Waals surface area (Å²) in [5, 5.41) is 3.43. The Kier molecular flexibility index (Phi) is 4.60. The van der Waals surface area contributed by atoms with Crippen LogP contribution in [0.1, 0.15) is 13.3 Å². The molecule has 0 amide bonds. The molecule has 0 aliphatic carbocycles. The first-order valence-corrected chi connectivity index (χ1v) is 4.98. The van der Waals surface area contributed by atoms with Gasteiger partial charge < -0.3 is 9.47 Å². The van der Waals surface area contributed by atoms with Crippen LogP contribution in [0.2, 0.25) is 0 Å². The predicted octanol–water partition coefficient (Wildman–Crippen LogP) is 1.29. The number of esters is 1. The van der Waals surface area contributed by atoms with E-state index in [2.05, 4.69) is 19.8 Å². The molecule has 0 aromatic rings. The second kappa shape index (κ2) is 5.97. The van der Waals surface area contributed by atoms with Crippen LogP contribution >= 0.6 is 0 Å². The molecule has 1 rings (SSSR count). The number of methoxy groups -OCH3 is 1. The third-order valence-electron chi connectivity index (χ3n) is 2.29. The van der Waals surface area contributed by atoms with Crippen molar-refractivity contribution in [2.24, 2.45) is 16.0 Å². The highest BCUT2D eigenvalue weighted by Crippen LogP contribution is 2.15. The fourth-order valence-electron chi connectivity index (χ4n) is 1.34. The minimum Gasteiger partial charge on any atom is -0.478 e. The standard InChI is InChI=1S/C9H14N4O3/c1-6(3-4-11-13-10)8-12-7(5-16-8)9(14)15-2/h6-7H,3-5H2,1-2H3. The molecular formula is C9H14N4O3. The van der Waals surface area contributed by atoms with E-state index in [-0.39, 0.29) is 12.5 Å². The Morgan fingerprint density at radius 3 is 3.25 bits per heavy atom. The average molecular weight is 226 g/mol. The van der Waals surface area contributed by atoms with Crippen LogP contribution in [-0.4, -0.2) is 38.2 Å². The first-order chi connectivity index (χ1) is 7.69. The number of azide groups is 1. The summed E-state index contributed by atoms with van der Waals surface area (Å²) in [5.41, 5.74) is 8.13. The zero-order valence-electron chi connectivity index (χ0n) is 9.29. The number of hydrogen-bond donors (Lipinski definition) is 0. The number of carbonyl (C=O) groups excluding carboxylic acids is 1. The Labute approximate surface area is 93.1 Å². The van der Waals surface area contributed by atoms with Gasteiger partial charge in [-0.05, 0) is 12.0 Å². The van der Waals surface area contributed by atoms with Crippen LogP contribution in [0.4, 0.5) is 0 Å². The molecule has 0 bridgehead atoms. The molecule has 0 aromatic carbocycles. The normalized spacial score (nSPS) is 20.4. The first-order valence-electron chi connectivity index (χ1n) is 4.98. The molecule has 0 aromatic heterocycles. The van der Waals surface area contributed by atoms with Crippen LogP contribution in [0.15, 0.2) is 10.1 Å². The van der Waals surface area contributed by atoms with Gasteiger partial charge in [0.15, 0.2) is 11.9 Å². The third-order valence-corrected chi connectivity index (χ3v) is 2.29. The second-order valence-electron chi connectivity index (χ2n) is 3.46. The van der Waals surface area contributed by atoms with Gasteiger partial charge in [-0.3, -0.25) is 0 Å². The van der Waals surface area contributed by atoms with Crippen LogP contribution < -0.4 is 0 Å². The lowest BCUT2D eigenvalue weighted by molar-refractivity contribution is -0.142. The predicted molar refractivity (Wildman–Crippen MR) is 57.0 cm³/mol. The van der Waals surface area contributed by atoms with Gasteiger partial charge in [-0.1, -0.05) is 12.0 Å². The summed E-state index contributed by atoms with van der Waals surface area (Å²) in [5.74, 6) is 0.181. The molecule has 0 saturated heterocycles. The van der Waals surface area contributed by atoms with Gasteiger partial charge in [0.1, 0.15) is 6.61 Å². The molecule has 2 atom stereocenters. The summed E-state index contributed by atoms with van der Waals surface area (Å²) in [6.07, 6.45) is 0.650. The molecule has 16 heavy (non-hydrogen) atoms. The Morgan fingerprint density at radius 1 is 1.88 bits per heavy atom. The minimum atomic E-state index is -0.554. The number of nitrogens with zero attached hydrogens (tertiary/aromatic N) is 4. The largest absolute Gasteiger partial charge is 0.478 e. The van der Waals surface area contributed by atoms with E-state index in [9.17, 15) is 4.79 Å². The Balaban J connectivity index is 2.48. The summed E-state index contributed by atoms with van der Waals surface area (Å²) >= 11 is 0. The van der Waals surface area contributed by atoms with Crippen LogP contribution in [0.3, 0.4) is 0 Å². The number of hydrogen-bond acceptors (Lipinski definition) is 5. The van der Waals surface area contributed by atoms with Crippen molar-refractivity contribution in [3.63, 3.8) is 0 Å². The van der Waals surface area contributed by atoms with E-state index in [1.54, 1.807) is 0 Å². The quantitative estimate of drug-likeness (QED) is 0.306. The average Bonchev–Trinajstić information content (AvgIpc) is 2.77. The zero-order valence-corrected chi connectivity index (χ0v) is 9.29. The molecule has 1 aliphatic heterocycles. The van der Waals surface area contributed by atoms with Gasteiger partial charge in [0.25, 0.3) is 0 Å². The van der Waals surface area contributed by atoms with Crippen molar-refractivity contribution in [3.8, 4) is 0 Å². The number of carbonyl (C=O) groups is 1. The number of rotatable bonds is 5. The van der Waals surface area contributed by atoms with Crippen molar-refractivity contribution in [1.29, 1.82) is 0 Å². The third kappa shape index (κ3) is 3.13. The van der Waals surface area contributed by atoms with Crippen molar-refractivity contribution in [1.82, 2.24) is 0 Å². The van der Waals surface area contributed by atoms with E-state index in [0.717, 1.165) is 0 Å². The molecule has 0 saturated carbocycles. The Hall–Kier alpha value is -1.75. The van der Waals surface area contributed by atoms with E-state index in [0.29, 0.717) is 18.9 Å². The molecule has 2 unspecified atom stereocenters. The van der Waals surface area contributed by atoms with Gasteiger partial charge in [0.05, 0.1) is 7.11 Å². The summed E-state index contributed by atoms with van der Waals surface area (Å²) in [7, 11) is 1.32. The molecule has 0 N–H and O–H groups in total. The van der Waals surface area contributed by atoms with Crippen LogP contribution in [0.25, 0.3) is 10.4 Å². The fourth-order valence-corrected chi connectivity index (χ4v) is 1.34. The summed E-state index contributed by atoms with van der Waals surface area (Å²) in [6.45, 7) is 2.53. The van der Waals surface area contributed by atoms with Crippen molar-refractivity contribution < 1.29 is 14.3 Å². The van der Waals surface area contributed by atoms with Crippen molar-refractivity contribution in [3.05, 3.63) is 10.4 Å². The monoisotopic (exact) mass is 226 g/mol. The maximum absolute atomic E-state index is 11.2. The van der Waals surface area contributed by atoms with Gasteiger partial charge in [0, 0.05) is 17.4 Å². The van der Waals surface area contributed by atoms with E-state index in [4.69, 9.17) is 10.3 Å². The fraction of sp³-hybridized carbons (Fsp3) is 0.778. The van der Waals surface area contributed by atoms with Gasteiger partial charge in [-0.15, -0.1) is 0 Å². The summed E-state index contributed by atoms with van der Waals surface area (Å²) < 4.78 is 9.86. The Bertz CT molecular complexity index is 336. The molecule has 1 heterocycles. The maximum atomic E-state index is 11.2. The van der Waals surface area contributed by atoms with E-state index in [1.165, 1.54) is 7.11 Å². The molecule has 1 aliphatic rings. The van der Waals surface area contributed by atoms with E-state index < -0.39 is 12.0 Å². The lowest BCUT2D eigenvalue weighted by Crippen LogP contribution is -2.21. The molecule has 7 heteroatoms. The van der Waals surface area contributed by atoms with Gasteiger partial charge in [-0.25, -0.2) is 9.79 Å². The van der Waals surface area contributed by atoms with Crippen LogP contribution in [-0.2, 0) is 14.3 Å². The maximum Gasteiger partial charge on any atom is 0.334 e. The molecule has 0 fully saturated rings. The van der Waals surface area contributed by atoms with Gasteiger partial charge >= 0.3 is 5.97 Å². The lowest BCUT2D eigenvalue weighted by atomic mass is 10.1.